The smallest absolute Gasteiger partial charge is 0.227 e. The molecule has 0 saturated heterocycles. The fourth-order valence-corrected chi connectivity index (χ4v) is 2.78. The second kappa shape index (κ2) is 5.57. The molecule has 1 N–H and O–H groups in total. The molecule has 102 valence electrons. The fraction of sp³-hybridized carbons (Fsp3) is 0.438. The average Bonchev–Trinajstić information content (AvgIpc) is 2.39. The second-order valence-corrected chi connectivity index (χ2v) is 5.14. The maximum absolute atomic E-state index is 12.2. The number of carbonyl (C=O) groups excluding carboxylic acids is 1. The molecule has 0 bridgehead atoms. The van der Waals surface area contributed by atoms with Crippen molar-refractivity contribution in [2.24, 2.45) is 0 Å². The Bertz CT molecular complexity index is 491. The van der Waals surface area contributed by atoms with Gasteiger partial charge in [0.05, 0.1) is 12.1 Å². The molecular weight excluding hydrogens is 238 g/mol. The van der Waals surface area contributed by atoms with Crippen LogP contribution in [0.1, 0.15) is 45.2 Å². The molecule has 1 aromatic carbocycles. The van der Waals surface area contributed by atoms with Crippen LogP contribution in [0.3, 0.4) is 0 Å². The van der Waals surface area contributed by atoms with E-state index in [0.717, 1.165) is 16.8 Å². The molecule has 0 radical (unpaired) electrons. The number of aliphatic hydroxyl groups excluding tert-OH is 1. The van der Waals surface area contributed by atoms with Crippen molar-refractivity contribution in [3.05, 3.63) is 47.2 Å². The van der Waals surface area contributed by atoms with Crippen LogP contribution >= 0.6 is 0 Å². The first-order valence-corrected chi connectivity index (χ1v) is 6.77. The molecule has 0 spiro atoms. The number of allylic oxidation sites excluding steroid dienone is 1. The first-order chi connectivity index (χ1) is 9.02. The Kier molecular flexibility index (Phi) is 4.05. The van der Waals surface area contributed by atoms with Crippen molar-refractivity contribution >= 4 is 5.91 Å². The normalized spacial score (nSPS) is 19.6. The zero-order valence-electron chi connectivity index (χ0n) is 11.8. The van der Waals surface area contributed by atoms with Gasteiger partial charge in [-0.25, -0.2) is 0 Å². The highest BCUT2D eigenvalue weighted by molar-refractivity contribution is 5.80. The molecule has 2 atom stereocenters. The number of aliphatic hydroxyl groups is 1. The van der Waals surface area contributed by atoms with Crippen LogP contribution < -0.4 is 0 Å². The van der Waals surface area contributed by atoms with E-state index in [2.05, 4.69) is 0 Å². The molecule has 2 rings (SSSR count). The summed E-state index contributed by atoms with van der Waals surface area (Å²) in [6, 6.07) is 9.99. The molecule has 0 fully saturated rings. The van der Waals surface area contributed by atoms with Gasteiger partial charge in [0.25, 0.3) is 0 Å². The largest absolute Gasteiger partial charge is 0.389 e. The molecule has 3 heteroatoms. The van der Waals surface area contributed by atoms with Gasteiger partial charge in [0.2, 0.25) is 5.91 Å². The SMILES string of the molecule is CC1=C(C(C)O)CCC(=O)N1[C@H](C)c1ccccc1. The van der Waals surface area contributed by atoms with E-state index >= 15 is 0 Å². The molecule has 1 heterocycles. The minimum absolute atomic E-state index is 0.00255. The van der Waals surface area contributed by atoms with Gasteiger partial charge in [0.1, 0.15) is 0 Å². The lowest BCUT2D eigenvalue weighted by atomic mass is 9.95. The monoisotopic (exact) mass is 259 g/mol. The standard InChI is InChI=1S/C16H21NO2/c1-11(14-7-5-4-6-8-14)17-12(2)15(13(3)18)9-10-16(17)19/h4-8,11,13,18H,9-10H2,1-3H3/t11-,13?/m1/s1. The summed E-state index contributed by atoms with van der Waals surface area (Å²) in [6.45, 7) is 5.72. The number of amides is 1. The lowest BCUT2D eigenvalue weighted by molar-refractivity contribution is -0.132. The summed E-state index contributed by atoms with van der Waals surface area (Å²) in [7, 11) is 0. The van der Waals surface area contributed by atoms with Crippen molar-refractivity contribution in [3.8, 4) is 0 Å². The van der Waals surface area contributed by atoms with Crippen LogP contribution in [0.25, 0.3) is 0 Å². The maximum Gasteiger partial charge on any atom is 0.227 e. The van der Waals surface area contributed by atoms with Crippen LogP contribution in [0.15, 0.2) is 41.6 Å². The Morgan fingerprint density at radius 2 is 1.79 bits per heavy atom. The zero-order valence-corrected chi connectivity index (χ0v) is 11.8. The van der Waals surface area contributed by atoms with Crippen molar-refractivity contribution in [2.45, 2.75) is 45.8 Å². The van der Waals surface area contributed by atoms with Crippen LogP contribution in [0, 0.1) is 0 Å². The Morgan fingerprint density at radius 1 is 1.16 bits per heavy atom. The summed E-state index contributed by atoms with van der Waals surface area (Å²) < 4.78 is 0. The van der Waals surface area contributed by atoms with Gasteiger partial charge < -0.3 is 10.0 Å². The number of benzene rings is 1. The summed E-state index contributed by atoms with van der Waals surface area (Å²) in [6.07, 6.45) is 0.660. The van der Waals surface area contributed by atoms with Gasteiger partial charge in [-0.2, -0.15) is 0 Å². The van der Waals surface area contributed by atoms with E-state index in [-0.39, 0.29) is 11.9 Å². The Morgan fingerprint density at radius 3 is 2.37 bits per heavy atom. The molecule has 1 aliphatic heterocycles. The van der Waals surface area contributed by atoms with Gasteiger partial charge in [-0.3, -0.25) is 4.79 Å². The van der Waals surface area contributed by atoms with E-state index in [4.69, 9.17) is 0 Å². The molecule has 3 nitrogen and oxygen atoms in total. The van der Waals surface area contributed by atoms with Gasteiger partial charge in [0, 0.05) is 12.1 Å². The molecule has 1 amide bonds. The van der Waals surface area contributed by atoms with Gasteiger partial charge in [0.15, 0.2) is 0 Å². The van der Waals surface area contributed by atoms with Crippen molar-refractivity contribution < 1.29 is 9.90 Å². The third-order valence-corrected chi connectivity index (χ3v) is 3.88. The van der Waals surface area contributed by atoms with Crippen molar-refractivity contribution in [1.82, 2.24) is 4.90 Å². The van der Waals surface area contributed by atoms with Gasteiger partial charge in [-0.05, 0) is 38.3 Å². The predicted octanol–water partition coefficient (Wildman–Crippen LogP) is 3.02. The molecule has 1 aromatic rings. The van der Waals surface area contributed by atoms with Gasteiger partial charge in [-0.1, -0.05) is 30.3 Å². The topological polar surface area (TPSA) is 40.5 Å². The fourth-order valence-electron chi connectivity index (χ4n) is 2.78. The van der Waals surface area contributed by atoms with E-state index in [9.17, 15) is 9.90 Å². The van der Waals surface area contributed by atoms with Crippen LogP contribution in [-0.2, 0) is 4.79 Å². The van der Waals surface area contributed by atoms with Gasteiger partial charge >= 0.3 is 0 Å². The number of carbonyl (C=O) groups is 1. The predicted molar refractivity (Wildman–Crippen MR) is 75.3 cm³/mol. The van der Waals surface area contributed by atoms with Crippen LogP contribution in [0.4, 0.5) is 0 Å². The van der Waals surface area contributed by atoms with Crippen LogP contribution in [0.5, 0.6) is 0 Å². The molecule has 0 saturated carbocycles. The highest BCUT2D eigenvalue weighted by atomic mass is 16.3. The Labute approximate surface area is 114 Å². The van der Waals surface area contributed by atoms with Crippen LogP contribution in [0.2, 0.25) is 0 Å². The third kappa shape index (κ3) is 2.71. The molecule has 0 aliphatic carbocycles. The van der Waals surface area contributed by atoms with Crippen molar-refractivity contribution in [2.75, 3.05) is 0 Å². The number of nitrogens with zero attached hydrogens (tertiary/aromatic N) is 1. The van der Waals surface area contributed by atoms with E-state index in [1.165, 1.54) is 0 Å². The quantitative estimate of drug-likeness (QED) is 0.906. The summed E-state index contributed by atoms with van der Waals surface area (Å²) in [4.78, 5) is 14.0. The lowest BCUT2D eigenvalue weighted by Gasteiger charge is -2.36. The minimum Gasteiger partial charge on any atom is -0.389 e. The minimum atomic E-state index is -0.487. The van der Waals surface area contributed by atoms with E-state index in [1.807, 2.05) is 49.1 Å². The maximum atomic E-state index is 12.2. The summed E-state index contributed by atoms with van der Waals surface area (Å²) in [5, 5.41) is 9.81. The summed E-state index contributed by atoms with van der Waals surface area (Å²) in [5.74, 6) is 0.137. The van der Waals surface area contributed by atoms with E-state index in [0.29, 0.717) is 12.8 Å². The molecular formula is C16H21NO2. The second-order valence-electron chi connectivity index (χ2n) is 5.14. The first-order valence-electron chi connectivity index (χ1n) is 6.77. The number of hydrogen-bond donors (Lipinski definition) is 1. The molecule has 1 aliphatic rings. The van der Waals surface area contributed by atoms with Crippen molar-refractivity contribution in [3.63, 3.8) is 0 Å². The molecule has 1 unspecified atom stereocenters. The highest BCUT2D eigenvalue weighted by Crippen LogP contribution is 2.32. The van der Waals surface area contributed by atoms with E-state index in [1.54, 1.807) is 6.92 Å². The van der Waals surface area contributed by atoms with Crippen LogP contribution in [-0.4, -0.2) is 22.0 Å². The average molecular weight is 259 g/mol. The zero-order chi connectivity index (χ0) is 14.0. The van der Waals surface area contributed by atoms with Crippen molar-refractivity contribution in [1.29, 1.82) is 0 Å². The number of hydrogen-bond acceptors (Lipinski definition) is 2. The lowest BCUT2D eigenvalue weighted by Crippen LogP contribution is -2.37. The summed E-state index contributed by atoms with van der Waals surface area (Å²) in [5.41, 5.74) is 2.99. The first kappa shape index (κ1) is 13.8. The Hall–Kier alpha value is -1.61. The molecule has 0 aromatic heterocycles. The van der Waals surface area contributed by atoms with E-state index < -0.39 is 6.10 Å². The highest BCUT2D eigenvalue weighted by Gasteiger charge is 2.29. The Balaban J connectivity index is 2.36. The number of rotatable bonds is 3. The summed E-state index contributed by atoms with van der Waals surface area (Å²) >= 11 is 0. The molecule has 19 heavy (non-hydrogen) atoms. The third-order valence-electron chi connectivity index (χ3n) is 3.88. The van der Waals surface area contributed by atoms with Gasteiger partial charge in [-0.15, -0.1) is 0 Å².